The minimum absolute atomic E-state index is 0.0518. The van der Waals surface area contributed by atoms with Crippen LogP contribution in [0.1, 0.15) is 28.8 Å². The van der Waals surface area contributed by atoms with Gasteiger partial charge in [0, 0.05) is 22.5 Å². The maximum atomic E-state index is 12.1. The molecule has 1 aliphatic carbocycles. The summed E-state index contributed by atoms with van der Waals surface area (Å²) in [7, 11) is 0. The molecular formula is C15H14ClNOS. The maximum absolute atomic E-state index is 12.1. The fraction of sp³-hybridized carbons (Fsp3) is 0.267. The standard InChI is InChI=1S/C15H14ClNOS/c16-13-3-1-2-11(8-13)14(18)17-10-15(5-6-15)12-4-7-19-9-12/h1-4,7-9H,5-6,10H2,(H,17,18). The Morgan fingerprint density at radius 1 is 1.37 bits per heavy atom. The Kier molecular flexibility index (Phi) is 3.33. The number of thiophene rings is 1. The van der Waals surface area contributed by atoms with Crippen LogP contribution in [0.2, 0.25) is 5.02 Å². The van der Waals surface area contributed by atoms with E-state index in [-0.39, 0.29) is 11.3 Å². The van der Waals surface area contributed by atoms with E-state index in [0.29, 0.717) is 17.1 Å². The first kappa shape index (κ1) is 12.7. The molecule has 1 fully saturated rings. The third-order valence-electron chi connectivity index (χ3n) is 3.66. The Hall–Kier alpha value is -1.32. The summed E-state index contributed by atoms with van der Waals surface area (Å²) in [5, 5.41) is 7.88. The fourth-order valence-corrected chi connectivity index (χ4v) is 3.24. The Morgan fingerprint density at radius 3 is 2.84 bits per heavy atom. The van der Waals surface area contributed by atoms with Gasteiger partial charge in [-0.15, -0.1) is 0 Å². The maximum Gasteiger partial charge on any atom is 0.251 e. The lowest BCUT2D eigenvalue weighted by Crippen LogP contribution is -2.32. The van der Waals surface area contributed by atoms with Crippen molar-refractivity contribution in [1.29, 1.82) is 0 Å². The van der Waals surface area contributed by atoms with Crippen LogP contribution in [0.5, 0.6) is 0 Å². The van der Waals surface area contributed by atoms with Crippen molar-refractivity contribution in [3.63, 3.8) is 0 Å². The summed E-state index contributed by atoms with van der Waals surface area (Å²) in [6.45, 7) is 0.703. The van der Waals surface area contributed by atoms with Crippen molar-refractivity contribution >= 4 is 28.8 Å². The van der Waals surface area contributed by atoms with Crippen molar-refractivity contribution in [3.05, 3.63) is 57.2 Å². The molecule has 1 amide bonds. The monoisotopic (exact) mass is 291 g/mol. The number of halogens is 1. The molecule has 2 nitrogen and oxygen atoms in total. The van der Waals surface area contributed by atoms with Gasteiger partial charge in [-0.2, -0.15) is 11.3 Å². The molecule has 0 atom stereocenters. The minimum Gasteiger partial charge on any atom is -0.351 e. The molecule has 0 spiro atoms. The van der Waals surface area contributed by atoms with Crippen LogP contribution in [0.25, 0.3) is 0 Å². The molecule has 3 rings (SSSR count). The lowest BCUT2D eigenvalue weighted by Gasteiger charge is -2.14. The molecule has 1 aromatic carbocycles. The predicted molar refractivity (Wildman–Crippen MR) is 79.0 cm³/mol. The van der Waals surface area contributed by atoms with Crippen molar-refractivity contribution in [1.82, 2.24) is 5.32 Å². The summed E-state index contributed by atoms with van der Waals surface area (Å²) in [4.78, 5) is 12.1. The molecule has 1 N–H and O–H groups in total. The number of nitrogens with one attached hydrogen (secondary N) is 1. The van der Waals surface area contributed by atoms with Gasteiger partial charge in [0.2, 0.25) is 0 Å². The molecule has 0 radical (unpaired) electrons. The van der Waals surface area contributed by atoms with E-state index < -0.39 is 0 Å². The molecule has 0 unspecified atom stereocenters. The van der Waals surface area contributed by atoms with Crippen LogP contribution in [0, 0.1) is 0 Å². The first-order chi connectivity index (χ1) is 9.20. The summed E-state index contributed by atoms with van der Waals surface area (Å²) < 4.78 is 0. The van der Waals surface area contributed by atoms with Gasteiger partial charge >= 0.3 is 0 Å². The number of hydrogen-bond acceptors (Lipinski definition) is 2. The van der Waals surface area contributed by atoms with E-state index in [0.717, 1.165) is 12.8 Å². The number of carbonyl (C=O) groups is 1. The molecule has 1 aliphatic rings. The van der Waals surface area contributed by atoms with Crippen molar-refractivity contribution in [2.45, 2.75) is 18.3 Å². The highest BCUT2D eigenvalue weighted by Crippen LogP contribution is 2.48. The molecule has 0 saturated heterocycles. The van der Waals surface area contributed by atoms with E-state index in [1.54, 1.807) is 35.6 Å². The van der Waals surface area contributed by atoms with Gasteiger partial charge in [0.15, 0.2) is 0 Å². The quantitative estimate of drug-likeness (QED) is 0.910. The lowest BCUT2D eigenvalue weighted by molar-refractivity contribution is 0.0949. The number of benzene rings is 1. The Bertz CT molecular complexity index is 590. The van der Waals surface area contributed by atoms with Gasteiger partial charge in [-0.05, 0) is 53.4 Å². The van der Waals surface area contributed by atoms with E-state index in [9.17, 15) is 4.79 Å². The van der Waals surface area contributed by atoms with Gasteiger partial charge in [-0.3, -0.25) is 4.79 Å². The molecular weight excluding hydrogens is 278 g/mol. The molecule has 2 aromatic rings. The van der Waals surface area contributed by atoms with Gasteiger partial charge in [-0.25, -0.2) is 0 Å². The second kappa shape index (κ2) is 4.99. The number of amides is 1. The zero-order valence-corrected chi connectivity index (χ0v) is 11.9. The van der Waals surface area contributed by atoms with Gasteiger partial charge < -0.3 is 5.32 Å². The second-order valence-electron chi connectivity index (χ2n) is 4.99. The smallest absolute Gasteiger partial charge is 0.251 e. The van der Waals surface area contributed by atoms with Crippen LogP contribution in [0.3, 0.4) is 0 Å². The molecule has 0 aliphatic heterocycles. The highest BCUT2D eigenvalue weighted by molar-refractivity contribution is 7.08. The fourth-order valence-electron chi connectivity index (χ4n) is 2.27. The topological polar surface area (TPSA) is 29.1 Å². The molecule has 98 valence electrons. The molecule has 19 heavy (non-hydrogen) atoms. The SMILES string of the molecule is O=C(NCC1(c2ccsc2)CC1)c1cccc(Cl)c1. The average Bonchev–Trinajstić information content (AvgIpc) is 2.99. The molecule has 1 aromatic heterocycles. The Labute approximate surface area is 121 Å². The first-order valence-corrected chi connectivity index (χ1v) is 7.58. The van der Waals surface area contributed by atoms with Crippen LogP contribution >= 0.6 is 22.9 Å². The highest BCUT2D eigenvalue weighted by Gasteiger charge is 2.44. The Balaban J connectivity index is 1.66. The van der Waals surface area contributed by atoms with Crippen LogP contribution < -0.4 is 5.32 Å². The molecule has 1 heterocycles. The van der Waals surface area contributed by atoms with Crippen molar-refractivity contribution in [2.75, 3.05) is 6.54 Å². The van der Waals surface area contributed by atoms with Crippen LogP contribution in [0.15, 0.2) is 41.1 Å². The lowest BCUT2D eigenvalue weighted by atomic mass is 9.99. The van der Waals surface area contributed by atoms with Gasteiger partial charge in [0.25, 0.3) is 5.91 Å². The van der Waals surface area contributed by atoms with E-state index in [4.69, 9.17) is 11.6 Å². The van der Waals surface area contributed by atoms with E-state index in [2.05, 4.69) is 22.1 Å². The summed E-state index contributed by atoms with van der Waals surface area (Å²) >= 11 is 7.60. The van der Waals surface area contributed by atoms with E-state index in [1.165, 1.54) is 5.56 Å². The second-order valence-corrected chi connectivity index (χ2v) is 6.20. The van der Waals surface area contributed by atoms with Gasteiger partial charge in [0.1, 0.15) is 0 Å². The van der Waals surface area contributed by atoms with Gasteiger partial charge in [0.05, 0.1) is 0 Å². The third kappa shape index (κ3) is 2.67. The van der Waals surface area contributed by atoms with Crippen molar-refractivity contribution in [2.24, 2.45) is 0 Å². The zero-order valence-electron chi connectivity index (χ0n) is 10.4. The summed E-state index contributed by atoms with van der Waals surface area (Å²) in [6, 6.07) is 9.20. The summed E-state index contributed by atoms with van der Waals surface area (Å²) in [5.41, 5.74) is 2.14. The normalized spacial score (nSPS) is 16.1. The Morgan fingerprint density at radius 2 is 2.21 bits per heavy atom. The van der Waals surface area contributed by atoms with Crippen LogP contribution in [-0.2, 0) is 5.41 Å². The predicted octanol–water partition coefficient (Wildman–Crippen LogP) is 3.86. The van der Waals surface area contributed by atoms with Gasteiger partial charge in [-0.1, -0.05) is 17.7 Å². The zero-order chi connectivity index (χ0) is 13.3. The van der Waals surface area contributed by atoms with Crippen LogP contribution in [0.4, 0.5) is 0 Å². The molecule has 1 saturated carbocycles. The third-order valence-corrected chi connectivity index (χ3v) is 4.58. The largest absolute Gasteiger partial charge is 0.351 e. The van der Waals surface area contributed by atoms with E-state index in [1.807, 2.05) is 0 Å². The molecule has 4 heteroatoms. The van der Waals surface area contributed by atoms with Crippen molar-refractivity contribution < 1.29 is 4.79 Å². The first-order valence-electron chi connectivity index (χ1n) is 6.26. The number of hydrogen-bond donors (Lipinski definition) is 1. The summed E-state index contributed by atoms with van der Waals surface area (Å²) in [6.07, 6.45) is 2.30. The summed E-state index contributed by atoms with van der Waals surface area (Å²) in [5.74, 6) is -0.0518. The number of carbonyl (C=O) groups excluding carboxylic acids is 1. The highest BCUT2D eigenvalue weighted by atomic mass is 35.5. The average molecular weight is 292 g/mol. The molecule has 0 bridgehead atoms. The number of rotatable bonds is 4. The minimum atomic E-state index is -0.0518. The van der Waals surface area contributed by atoms with Crippen molar-refractivity contribution in [3.8, 4) is 0 Å². The van der Waals surface area contributed by atoms with Crippen LogP contribution in [-0.4, -0.2) is 12.5 Å². The van der Waals surface area contributed by atoms with E-state index >= 15 is 0 Å².